The Balaban J connectivity index is 1.91. The van der Waals surface area contributed by atoms with Crippen LogP contribution in [0.25, 0.3) is 10.6 Å². The quantitative estimate of drug-likeness (QED) is 0.837. The molecule has 124 valence electrons. The average Bonchev–Trinajstić information content (AvgIpc) is 3.30. The lowest BCUT2D eigenvalue weighted by atomic mass is 9.98. The molecule has 1 heterocycles. The fourth-order valence-corrected chi connectivity index (χ4v) is 4.98. The predicted octanol–water partition coefficient (Wildman–Crippen LogP) is 2.52. The molecule has 23 heavy (non-hydrogen) atoms. The summed E-state index contributed by atoms with van der Waals surface area (Å²) in [5.74, 6) is 0.326. The van der Waals surface area contributed by atoms with Crippen molar-refractivity contribution in [3.63, 3.8) is 0 Å². The van der Waals surface area contributed by atoms with Crippen LogP contribution in [0.1, 0.15) is 25.5 Å². The largest absolute Gasteiger partial charge is 0.329 e. The van der Waals surface area contributed by atoms with Crippen LogP contribution in [0.3, 0.4) is 0 Å². The molecule has 0 amide bonds. The first-order valence-electron chi connectivity index (χ1n) is 7.61. The Hall–Kier alpha value is -1.28. The number of benzene rings is 1. The fraction of sp³-hybridized carbons (Fsp3) is 0.438. The number of nitrogens with one attached hydrogen (secondary N) is 1. The number of hydrogen-bond donors (Lipinski definition) is 2. The van der Waals surface area contributed by atoms with Crippen LogP contribution in [0.2, 0.25) is 0 Å². The van der Waals surface area contributed by atoms with E-state index in [0.29, 0.717) is 12.5 Å². The van der Waals surface area contributed by atoms with E-state index in [1.54, 1.807) is 18.2 Å². The molecule has 3 rings (SSSR count). The average molecular weight is 351 g/mol. The van der Waals surface area contributed by atoms with Gasteiger partial charge in [0.2, 0.25) is 10.0 Å². The van der Waals surface area contributed by atoms with E-state index in [1.165, 1.54) is 11.3 Å². The fourth-order valence-electron chi connectivity index (χ4n) is 2.66. The Morgan fingerprint density at radius 3 is 2.74 bits per heavy atom. The van der Waals surface area contributed by atoms with Gasteiger partial charge in [0.1, 0.15) is 5.01 Å². The van der Waals surface area contributed by atoms with E-state index in [4.69, 9.17) is 5.73 Å². The van der Waals surface area contributed by atoms with E-state index in [9.17, 15) is 8.42 Å². The number of aryl methyl sites for hydroxylation is 1. The van der Waals surface area contributed by atoms with Crippen LogP contribution in [0.4, 0.5) is 0 Å². The second-order valence-corrected chi connectivity index (χ2v) is 8.86. The Kier molecular flexibility index (Phi) is 4.31. The highest BCUT2D eigenvalue weighted by Crippen LogP contribution is 2.39. The highest BCUT2D eigenvalue weighted by atomic mass is 32.2. The normalized spacial score (nSPS) is 17.9. The van der Waals surface area contributed by atoms with Gasteiger partial charge in [0.25, 0.3) is 0 Å². The molecule has 7 heteroatoms. The topological polar surface area (TPSA) is 85.1 Å². The highest BCUT2D eigenvalue weighted by molar-refractivity contribution is 7.89. The Morgan fingerprint density at radius 1 is 1.43 bits per heavy atom. The van der Waals surface area contributed by atoms with E-state index in [0.717, 1.165) is 29.1 Å². The summed E-state index contributed by atoms with van der Waals surface area (Å²) in [5.41, 5.74) is 6.99. The highest BCUT2D eigenvalue weighted by Gasteiger charge is 2.43. The molecule has 3 N–H and O–H groups in total. The molecule has 2 aromatic rings. The van der Waals surface area contributed by atoms with Gasteiger partial charge < -0.3 is 5.73 Å². The zero-order chi connectivity index (χ0) is 16.7. The lowest BCUT2D eigenvalue weighted by molar-refractivity contribution is 0.374. The SMILES string of the molecule is Cc1csc(-c2cccc(S(=O)(=O)NC(C)(CN)C3CC3)c2)n1. The van der Waals surface area contributed by atoms with Crippen LogP contribution in [-0.2, 0) is 10.0 Å². The lowest BCUT2D eigenvalue weighted by Crippen LogP contribution is -2.52. The van der Waals surface area contributed by atoms with Crippen LogP contribution in [0.5, 0.6) is 0 Å². The van der Waals surface area contributed by atoms with Crippen molar-refractivity contribution >= 4 is 21.4 Å². The minimum Gasteiger partial charge on any atom is -0.329 e. The van der Waals surface area contributed by atoms with Crippen molar-refractivity contribution in [1.82, 2.24) is 9.71 Å². The van der Waals surface area contributed by atoms with Gasteiger partial charge in [-0.2, -0.15) is 0 Å². The van der Waals surface area contributed by atoms with Gasteiger partial charge in [-0.3, -0.25) is 0 Å². The van der Waals surface area contributed by atoms with E-state index in [2.05, 4.69) is 9.71 Å². The molecule has 0 bridgehead atoms. The number of rotatable bonds is 6. The van der Waals surface area contributed by atoms with Gasteiger partial charge in [-0.05, 0) is 44.7 Å². The second kappa shape index (κ2) is 5.98. The maximum absolute atomic E-state index is 12.7. The minimum absolute atomic E-state index is 0.253. The second-order valence-electron chi connectivity index (χ2n) is 6.32. The minimum atomic E-state index is -3.61. The van der Waals surface area contributed by atoms with Crippen LogP contribution in [-0.4, -0.2) is 25.5 Å². The molecule has 0 radical (unpaired) electrons. The summed E-state index contributed by atoms with van der Waals surface area (Å²) in [4.78, 5) is 4.67. The van der Waals surface area contributed by atoms with Gasteiger partial charge in [-0.25, -0.2) is 18.1 Å². The zero-order valence-corrected chi connectivity index (χ0v) is 14.9. The van der Waals surface area contributed by atoms with Crippen molar-refractivity contribution in [3.05, 3.63) is 35.3 Å². The number of thiazole rings is 1. The number of nitrogens with zero attached hydrogens (tertiary/aromatic N) is 1. The molecular weight excluding hydrogens is 330 g/mol. The van der Waals surface area contributed by atoms with Crippen molar-refractivity contribution < 1.29 is 8.42 Å². The Morgan fingerprint density at radius 2 is 2.17 bits per heavy atom. The summed E-state index contributed by atoms with van der Waals surface area (Å²) in [6.07, 6.45) is 2.04. The van der Waals surface area contributed by atoms with Gasteiger partial charge in [0, 0.05) is 28.7 Å². The molecule has 1 aliphatic rings. The first kappa shape index (κ1) is 16.6. The third-order valence-electron chi connectivity index (χ3n) is 4.28. The van der Waals surface area contributed by atoms with Crippen molar-refractivity contribution in [1.29, 1.82) is 0 Å². The molecule has 1 aliphatic carbocycles. The van der Waals surface area contributed by atoms with Gasteiger partial charge in [-0.1, -0.05) is 12.1 Å². The molecule has 5 nitrogen and oxygen atoms in total. The lowest BCUT2D eigenvalue weighted by Gasteiger charge is -2.29. The van der Waals surface area contributed by atoms with Gasteiger partial charge in [-0.15, -0.1) is 11.3 Å². The van der Waals surface area contributed by atoms with E-state index < -0.39 is 15.6 Å². The molecule has 1 atom stereocenters. The summed E-state index contributed by atoms with van der Waals surface area (Å²) in [6, 6.07) is 6.90. The zero-order valence-electron chi connectivity index (χ0n) is 13.2. The third kappa shape index (κ3) is 3.47. The van der Waals surface area contributed by atoms with Crippen molar-refractivity contribution in [2.45, 2.75) is 37.1 Å². The molecular formula is C16H21N3O2S2. The maximum atomic E-state index is 12.7. The molecule has 1 fully saturated rings. The van der Waals surface area contributed by atoms with Crippen molar-refractivity contribution in [2.75, 3.05) is 6.54 Å². The maximum Gasteiger partial charge on any atom is 0.241 e. The number of nitrogens with two attached hydrogens (primary N) is 1. The van der Waals surface area contributed by atoms with Gasteiger partial charge in [0.05, 0.1) is 4.90 Å². The van der Waals surface area contributed by atoms with Crippen molar-refractivity contribution in [2.24, 2.45) is 11.7 Å². The standard InChI is InChI=1S/C16H21N3O2S2/c1-11-9-22-15(18-11)12-4-3-5-14(8-12)23(20,21)19-16(2,10-17)13-6-7-13/h3-5,8-9,13,19H,6-7,10,17H2,1-2H3. The Labute approximate surface area is 141 Å². The summed E-state index contributed by atoms with van der Waals surface area (Å²) in [5, 5.41) is 2.77. The van der Waals surface area contributed by atoms with Gasteiger partial charge >= 0.3 is 0 Å². The van der Waals surface area contributed by atoms with Crippen LogP contribution in [0.15, 0.2) is 34.5 Å². The first-order valence-corrected chi connectivity index (χ1v) is 9.97. The number of sulfonamides is 1. The summed E-state index contributed by atoms with van der Waals surface area (Å²) in [6.45, 7) is 4.10. The molecule has 1 saturated carbocycles. The third-order valence-corrected chi connectivity index (χ3v) is 6.90. The predicted molar refractivity (Wildman–Crippen MR) is 92.8 cm³/mol. The first-order chi connectivity index (χ1) is 10.8. The van der Waals surface area contributed by atoms with Crippen molar-refractivity contribution in [3.8, 4) is 10.6 Å². The van der Waals surface area contributed by atoms with E-state index >= 15 is 0 Å². The summed E-state index contributed by atoms with van der Waals surface area (Å²) < 4.78 is 28.3. The molecule has 1 aromatic carbocycles. The van der Waals surface area contributed by atoms with E-state index in [-0.39, 0.29) is 4.90 Å². The smallest absolute Gasteiger partial charge is 0.241 e. The van der Waals surface area contributed by atoms with E-state index in [1.807, 2.05) is 25.3 Å². The monoisotopic (exact) mass is 351 g/mol. The van der Waals surface area contributed by atoms with Crippen LogP contribution >= 0.6 is 11.3 Å². The Bertz CT molecular complexity index is 812. The molecule has 1 aromatic heterocycles. The number of aromatic nitrogens is 1. The summed E-state index contributed by atoms with van der Waals surface area (Å²) >= 11 is 1.51. The molecule has 1 unspecified atom stereocenters. The van der Waals surface area contributed by atoms with Crippen LogP contribution < -0.4 is 10.5 Å². The molecule has 0 aliphatic heterocycles. The molecule has 0 saturated heterocycles. The number of hydrogen-bond acceptors (Lipinski definition) is 5. The van der Waals surface area contributed by atoms with Crippen LogP contribution in [0, 0.1) is 12.8 Å². The van der Waals surface area contributed by atoms with Gasteiger partial charge in [0.15, 0.2) is 0 Å². The molecule has 0 spiro atoms. The summed E-state index contributed by atoms with van der Waals surface area (Å²) in [7, 11) is -3.61.